The van der Waals surface area contributed by atoms with Gasteiger partial charge in [-0.3, -0.25) is 0 Å². The molecule has 1 unspecified atom stereocenters. The number of fused-ring (bicyclic) bond motifs is 1. The molecule has 2 N–H and O–H groups in total. The van der Waals surface area contributed by atoms with Crippen LogP contribution in [0.2, 0.25) is 0 Å². The van der Waals surface area contributed by atoms with Crippen LogP contribution < -0.4 is 5.32 Å². The van der Waals surface area contributed by atoms with Gasteiger partial charge in [0.1, 0.15) is 0 Å². The van der Waals surface area contributed by atoms with Gasteiger partial charge in [0, 0.05) is 16.3 Å². The predicted octanol–water partition coefficient (Wildman–Crippen LogP) is 1.87. The molecule has 0 aromatic heterocycles. The minimum Gasteiger partial charge on any atom is -0.394 e. The van der Waals surface area contributed by atoms with Gasteiger partial charge in [0.25, 0.3) is 0 Å². The Morgan fingerprint density at radius 1 is 1.62 bits per heavy atom. The van der Waals surface area contributed by atoms with Crippen LogP contribution in [0.25, 0.3) is 0 Å². The van der Waals surface area contributed by atoms with Gasteiger partial charge in [0.05, 0.1) is 12.6 Å². The van der Waals surface area contributed by atoms with Crippen LogP contribution >= 0.6 is 11.8 Å². The minimum absolute atomic E-state index is 0.209. The first-order valence-electron chi connectivity index (χ1n) is 4.40. The molecule has 0 saturated carbocycles. The predicted molar refractivity (Wildman–Crippen MR) is 56.4 cm³/mol. The fourth-order valence-corrected chi connectivity index (χ4v) is 2.54. The maximum atomic E-state index is 9.00. The molecule has 0 spiro atoms. The highest BCUT2D eigenvalue weighted by atomic mass is 32.2. The van der Waals surface area contributed by atoms with Crippen molar-refractivity contribution in [3.8, 4) is 0 Å². The van der Waals surface area contributed by atoms with E-state index in [9.17, 15) is 0 Å². The van der Waals surface area contributed by atoms with Crippen LogP contribution in [-0.4, -0.2) is 23.5 Å². The molecular weight excluding hydrogens is 182 g/mol. The molecule has 2 rings (SSSR count). The van der Waals surface area contributed by atoms with E-state index in [-0.39, 0.29) is 12.6 Å². The first-order chi connectivity index (χ1) is 6.29. The summed E-state index contributed by atoms with van der Waals surface area (Å²) in [6, 6.07) is 6.56. The number of rotatable bonds is 1. The van der Waals surface area contributed by atoms with Crippen molar-refractivity contribution in [2.75, 3.05) is 17.7 Å². The van der Waals surface area contributed by atoms with Crippen LogP contribution in [0.1, 0.15) is 5.56 Å². The Morgan fingerprint density at radius 2 is 2.46 bits per heavy atom. The smallest absolute Gasteiger partial charge is 0.0641 e. The topological polar surface area (TPSA) is 32.3 Å². The number of thioether (sulfide) groups is 1. The van der Waals surface area contributed by atoms with E-state index >= 15 is 0 Å². The third-order valence-corrected chi connectivity index (χ3v) is 3.37. The third kappa shape index (κ3) is 1.81. The van der Waals surface area contributed by atoms with Crippen LogP contribution in [0.3, 0.4) is 0 Å². The van der Waals surface area contributed by atoms with Gasteiger partial charge < -0.3 is 10.4 Å². The summed E-state index contributed by atoms with van der Waals surface area (Å²) < 4.78 is 0. The lowest BCUT2D eigenvalue weighted by Crippen LogP contribution is -2.29. The van der Waals surface area contributed by atoms with E-state index in [4.69, 9.17) is 5.11 Å². The molecule has 1 aromatic rings. The van der Waals surface area contributed by atoms with E-state index in [1.54, 1.807) is 0 Å². The first-order valence-corrected chi connectivity index (χ1v) is 5.39. The van der Waals surface area contributed by atoms with Crippen molar-refractivity contribution in [3.05, 3.63) is 23.8 Å². The standard InChI is InChI=1S/C10H13NOS/c1-7-2-3-9-10(4-7)13-6-8(5-12)11-9/h2-4,8,11-12H,5-6H2,1H3. The molecule has 13 heavy (non-hydrogen) atoms. The van der Waals surface area contributed by atoms with Crippen molar-refractivity contribution in [1.29, 1.82) is 0 Å². The molecule has 0 amide bonds. The summed E-state index contributed by atoms with van der Waals surface area (Å²) in [6.45, 7) is 2.30. The van der Waals surface area contributed by atoms with Crippen molar-refractivity contribution in [2.45, 2.75) is 17.9 Å². The Kier molecular flexibility index (Phi) is 2.47. The summed E-state index contributed by atoms with van der Waals surface area (Å²) in [5, 5.41) is 12.3. The number of aliphatic hydroxyl groups excluding tert-OH is 1. The molecule has 0 bridgehead atoms. The highest BCUT2D eigenvalue weighted by molar-refractivity contribution is 7.99. The lowest BCUT2D eigenvalue weighted by atomic mass is 10.2. The molecule has 3 heteroatoms. The van der Waals surface area contributed by atoms with E-state index in [2.05, 4.69) is 30.4 Å². The van der Waals surface area contributed by atoms with E-state index < -0.39 is 0 Å². The third-order valence-electron chi connectivity index (χ3n) is 2.16. The number of hydrogen-bond donors (Lipinski definition) is 2. The van der Waals surface area contributed by atoms with Gasteiger partial charge in [-0.2, -0.15) is 0 Å². The normalized spacial score (nSPS) is 20.6. The monoisotopic (exact) mass is 195 g/mol. The second-order valence-electron chi connectivity index (χ2n) is 3.33. The zero-order chi connectivity index (χ0) is 9.26. The van der Waals surface area contributed by atoms with Crippen molar-refractivity contribution >= 4 is 17.4 Å². The molecular formula is C10H13NOS. The van der Waals surface area contributed by atoms with Crippen molar-refractivity contribution in [2.24, 2.45) is 0 Å². The molecule has 70 valence electrons. The van der Waals surface area contributed by atoms with Crippen LogP contribution in [0.4, 0.5) is 5.69 Å². The van der Waals surface area contributed by atoms with Gasteiger partial charge in [-0.1, -0.05) is 6.07 Å². The summed E-state index contributed by atoms with van der Waals surface area (Å²) in [4.78, 5) is 1.30. The second kappa shape index (κ2) is 3.60. The van der Waals surface area contributed by atoms with Crippen molar-refractivity contribution < 1.29 is 5.11 Å². The van der Waals surface area contributed by atoms with E-state index in [1.807, 2.05) is 11.8 Å². The van der Waals surface area contributed by atoms with Gasteiger partial charge >= 0.3 is 0 Å². The molecule has 1 heterocycles. The summed E-state index contributed by atoms with van der Waals surface area (Å²) in [6.07, 6.45) is 0. The lowest BCUT2D eigenvalue weighted by Gasteiger charge is -2.25. The van der Waals surface area contributed by atoms with Gasteiger partial charge in [-0.25, -0.2) is 0 Å². The van der Waals surface area contributed by atoms with Gasteiger partial charge in [0.2, 0.25) is 0 Å². The Labute approximate surface area is 82.4 Å². The Balaban J connectivity index is 2.26. The van der Waals surface area contributed by atoms with E-state index in [0.29, 0.717) is 0 Å². The number of anilines is 1. The zero-order valence-corrected chi connectivity index (χ0v) is 8.40. The molecule has 0 saturated heterocycles. The Hall–Kier alpha value is -0.670. The van der Waals surface area contributed by atoms with Crippen LogP contribution in [-0.2, 0) is 0 Å². The minimum atomic E-state index is 0.209. The largest absolute Gasteiger partial charge is 0.394 e. The van der Waals surface area contributed by atoms with Crippen LogP contribution in [0.5, 0.6) is 0 Å². The molecule has 0 fully saturated rings. The Bertz CT molecular complexity index is 314. The Morgan fingerprint density at radius 3 is 3.23 bits per heavy atom. The van der Waals surface area contributed by atoms with Crippen molar-refractivity contribution in [1.82, 2.24) is 0 Å². The molecule has 1 atom stereocenters. The fourth-order valence-electron chi connectivity index (χ4n) is 1.42. The second-order valence-corrected chi connectivity index (χ2v) is 4.40. The maximum absolute atomic E-state index is 9.00. The van der Waals surface area contributed by atoms with Crippen LogP contribution in [0, 0.1) is 6.92 Å². The first kappa shape index (κ1) is 8.91. The average molecular weight is 195 g/mol. The summed E-state index contributed by atoms with van der Waals surface area (Å²) >= 11 is 1.81. The fraction of sp³-hybridized carbons (Fsp3) is 0.400. The molecule has 0 radical (unpaired) electrons. The maximum Gasteiger partial charge on any atom is 0.0641 e. The summed E-state index contributed by atoms with van der Waals surface area (Å²) in [7, 11) is 0. The highest BCUT2D eigenvalue weighted by Gasteiger charge is 2.16. The highest BCUT2D eigenvalue weighted by Crippen LogP contribution is 2.33. The number of nitrogens with one attached hydrogen (secondary N) is 1. The van der Waals surface area contributed by atoms with E-state index in [0.717, 1.165) is 11.4 Å². The molecule has 2 nitrogen and oxygen atoms in total. The number of hydrogen-bond acceptors (Lipinski definition) is 3. The van der Waals surface area contributed by atoms with Gasteiger partial charge in [0.15, 0.2) is 0 Å². The zero-order valence-electron chi connectivity index (χ0n) is 7.58. The number of benzene rings is 1. The lowest BCUT2D eigenvalue weighted by molar-refractivity contribution is 0.282. The number of aryl methyl sites for hydroxylation is 1. The average Bonchev–Trinajstić information content (AvgIpc) is 2.17. The summed E-state index contributed by atoms with van der Waals surface area (Å²) in [5.41, 5.74) is 2.44. The molecule has 1 aromatic carbocycles. The van der Waals surface area contributed by atoms with Gasteiger partial charge in [-0.15, -0.1) is 11.8 Å². The molecule has 1 aliphatic heterocycles. The molecule has 0 aliphatic carbocycles. The van der Waals surface area contributed by atoms with Crippen LogP contribution in [0.15, 0.2) is 23.1 Å². The SMILES string of the molecule is Cc1ccc2c(c1)SCC(CO)N2. The summed E-state index contributed by atoms with van der Waals surface area (Å²) in [5.74, 6) is 0.951. The number of aliphatic hydroxyl groups is 1. The van der Waals surface area contributed by atoms with Crippen molar-refractivity contribution in [3.63, 3.8) is 0 Å². The van der Waals surface area contributed by atoms with Gasteiger partial charge in [-0.05, 0) is 24.6 Å². The molecule has 1 aliphatic rings. The van der Waals surface area contributed by atoms with E-state index in [1.165, 1.54) is 10.5 Å². The quantitative estimate of drug-likeness (QED) is 0.717.